The molecule has 5 nitrogen and oxygen atoms in total. The summed E-state index contributed by atoms with van der Waals surface area (Å²) in [4.78, 5) is 11.5. The van der Waals surface area contributed by atoms with Crippen LogP contribution >= 0.6 is 0 Å². The third-order valence-electron chi connectivity index (χ3n) is 3.07. The number of rotatable bonds is 5. The van der Waals surface area contributed by atoms with Crippen molar-refractivity contribution in [1.82, 2.24) is 10.0 Å². The lowest BCUT2D eigenvalue weighted by molar-refractivity contribution is -0.121. The Bertz CT molecular complexity index is 751. The molecule has 2 aromatic carbocycles. The molecule has 0 aliphatic rings. The average Bonchev–Trinajstić information content (AvgIpc) is 2.45. The summed E-state index contributed by atoms with van der Waals surface area (Å²) in [5, 5.41) is 4.08. The molecule has 0 radical (unpaired) electrons. The number of amides is 1. The second-order valence-corrected chi connectivity index (χ2v) is 6.42. The molecule has 0 aliphatic heterocycles. The van der Waals surface area contributed by atoms with Gasteiger partial charge in [-0.25, -0.2) is 8.42 Å². The molecule has 2 aromatic rings. The third kappa shape index (κ3) is 3.59. The minimum absolute atomic E-state index is 0.205. The molecule has 6 heteroatoms. The Kier molecular flexibility index (Phi) is 4.59. The Balaban J connectivity index is 2.32. The Morgan fingerprint density at radius 3 is 2.52 bits per heavy atom. The lowest BCUT2D eigenvalue weighted by Gasteiger charge is -2.16. The number of carbonyl (C=O) groups is 1. The van der Waals surface area contributed by atoms with Crippen molar-refractivity contribution in [1.29, 1.82) is 0 Å². The van der Waals surface area contributed by atoms with Gasteiger partial charge in [0.2, 0.25) is 15.9 Å². The molecule has 21 heavy (non-hydrogen) atoms. The summed E-state index contributed by atoms with van der Waals surface area (Å²) in [6, 6.07) is 12.4. The van der Waals surface area contributed by atoms with E-state index < -0.39 is 16.2 Å². The van der Waals surface area contributed by atoms with E-state index >= 15 is 0 Å². The van der Waals surface area contributed by atoms with Crippen molar-refractivity contribution in [3.63, 3.8) is 0 Å². The van der Waals surface area contributed by atoms with Gasteiger partial charge >= 0.3 is 0 Å². The van der Waals surface area contributed by atoms with Gasteiger partial charge in [-0.3, -0.25) is 4.79 Å². The molecule has 0 saturated carbocycles. The van der Waals surface area contributed by atoms with Gasteiger partial charge in [0.25, 0.3) is 0 Å². The van der Waals surface area contributed by atoms with Crippen LogP contribution in [0.3, 0.4) is 0 Å². The van der Waals surface area contributed by atoms with E-state index in [0.717, 1.165) is 5.39 Å². The molecule has 0 bridgehead atoms. The highest BCUT2D eigenvalue weighted by Crippen LogP contribution is 2.22. The Morgan fingerprint density at radius 1 is 1.14 bits per heavy atom. The zero-order chi connectivity index (χ0) is 15.5. The van der Waals surface area contributed by atoms with Crippen LogP contribution in [-0.4, -0.2) is 20.5 Å². The van der Waals surface area contributed by atoms with Crippen LogP contribution in [-0.2, 0) is 14.8 Å². The van der Waals surface area contributed by atoms with Gasteiger partial charge in [0.1, 0.15) is 0 Å². The van der Waals surface area contributed by atoms with Gasteiger partial charge < -0.3 is 5.32 Å². The summed E-state index contributed by atoms with van der Waals surface area (Å²) in [5.74, 6) is -0.205. The number of benzene rings is 2. The van der Waals surface area contributed by atoms with Crippen LogP contribution in [0.4, 0.5) is 0 Å². The van der Waals surface area contributed by atoms with Crippen molar-refractivity contribution in [2.24, 2.45) is 0 Å². The minimum atomic E-state index is -3.70. The third-order valence-corrected chi connectivity index (χ3v) is 4.67. The summed E-state index contributed by atoms with van der Waals surface area (Å²) < 4.78 is 27.4. The molecule has 1 amide bonds. The number of hydrogen-bond acceptors (Lipinski definition) is 3. The van der Waals surface area contributed by atoms with E-state index in [1.54, 1.807) is 38.1 Å². The summed E-state index contributed by atoms with van der Waals surface area (Å²) in [7, 11) is -3.70. The molecule has 0 heterocycles. The normalized spacial score (nSPS) is 13.0. The van der Waals surface area contributed by atoms with Crippen LogP contribution in [0.2, 0.25) is 0 Å². The Hall–Kier alpha value is -1.92. The zero-order valence-electron chi connectivity index (χ0n) is 12.0. The van der Waals surface area contributed by atoms with Crippen LogP contribution in [0.1, 0.15) is 20.3 Å². The molecule has 0 aromatic heterocycles. The van der Waals surface area contributed by atoms with Crippen molar-refractivity contribution < 1.29 is 13.2 Å². The fourth-order valence-electron chi connectivity index (χ4n) is 2.10. The van der Waals surface area contributed by atoms with Crippen LogP contribution in [0.5, 0.6) is 0 Å². The molecular weight excluding hydrogens is 288 g/mol. The number of sulfonamides is 1. The number of carbonyl (C=O) groups excluding carboxylic acids is 1. The molecule has 0 aliphatic carbocycles. The molecule has 1 atom stereocenters. The van der Waals surface area contributed by atoms with Crippen LogP contribution in [0.25, 0.3) is 10.8 Å². The molecular formula is C15H18N2O3S. The maximum atomic E-state index is 12.5. The molecule has 0 spiro atoms. The second-order valence-electron chi connectivity index (χ2n) is 4.74. The van der Waals surface area contributed by atoms with Crippen LogP contribution in [0, 0.1) is 0 Å². The van der Waals surface area contributed by atoms with Crippen molar-refractivity contribution in [3.8, 4) is 0 Å². The summed E-state index contributed by atoms with van der Waals surface area (Å²) in [6.07, 6.45) is -0.359. The van der Waals surface area contributed by atoms with Gasteiger partial charge in [-0.05, 0) is 18.4 Å². The fraction of sp³-hybridized carbons (Fsp3) is 0.267. The standard InChI is InChI=1S/C15H18N2O3S/c1-3-15(18)16-11(2)17-21(19,20)14-10-6-8-12-7-4-5-9-13(12)14/h4-11,17H,3H2,1-2H3,(H,16,18). The first-order valence-electron chi connectivity index (χ1n) is 6.73. The fourth-order valence-corrected chi connectivity index (χ4v) is 3.48. The highest BCUT2D eigenvalue weighted by Gasteiger charge is 2.20. The lowest BCUT2D eigenvalue weighted by atomic mass is 10.1. The largest absolute Gasteiger partial charge is 0.340 e. The topological polar surface area (TPSA) is 75.3 Å². The maximum absolute atomic E-state index is 12.5. The quantitative estimate of drug-likeness (QED) is 0.830. The Morgan fingerprint density at radius 2 is 1.81 bits per heavy atom. The van der Waals surface area contributed by atoms with Gasteiger partial charge in [0.15, 0.2) is 0 Å². The maximum Gasteiger partial charge on any atom is 0.242 e. The van der Waals surface area contributed by atoms with Crippen molar-refractivity contribution in [2.45, 2.75) is 31.3 Å². The van der Waals surface area contributed by atoms with E-state index in [-0.39, 0.29) is 10.8 Å². The number of fused-ring (bicyclic) bond motifs is 1. The Labute approximate surface area is 124 Å². The highest BCUT2D eigenvalue weighted by atomic mass is 32.2. The number of hydrogen-bond donors (Lipinski definition) is 2. The molecule has 1 unspecified atom stereocenters. The van der Waals surface area contributed by atoms with E-state index in [2.05, 4.69) is 10.0 Å². The van der Waals surface area contributed by atoms with Crippen LogP contribution in [0.15, 0.2) is 47.4 Å². The SMILES string of the molecule is CCC(=O)NC(C)NS(=O)(=O)c1cccc2ccccc12. The van der Waals surface area contributed by atoms with E-state index in [9.17, 15) is 13.2 Å². The molecule has 112 valence electrons. The predicted molar refractivity (Wildman–Crippen MR) is 82.2 cm³/mol. The van der Waals surface area contributed by atoms with Gasteiger partial charge in [0, 0.05) is 11.8 Å². The first kappa shape index (κ1) is 15.5. The zero-order valence-corrected chi connectivity index (χ0v) is 12.8. The molecule has 0 fully saturated rings. The first-order valence-corrected chi connectivity index (χ1v) is 8.22. The van der Waals surface area contributed by atoms with E-state index in [4.69, 9.17) is 0 Å². The van der Waals surface area contributed by atoms with Gasteiger partial charge in [-0.2, -0.15) is 4.72 Å². The average molecular weight is 306 g/mol. The molecule has 0 saturated heterocycles. The van der Waals surface area contributed by atoms with Gasteiger partial charge in [-0.15, -0.1) is 0 Å². The van der Waals surface area contributed by atoms with Gasteiger partial charge in [0.05, 0.1) is 11.1 Å². The van der Waals surface area contributed by atoms with Crippen molar-refractivity contribution >= 4 is 26.7 Å². The van der Waals surface area contributed by atoms with Crippen LogP contribution < -0.4 is 10.0 Å². The molecule has 2 N–H and O–H groups in total. The van der Waals surface area contributed by atoms with Crippen molar-refractivity contribution in [3.05, 3.63) is 42.5 Å². The smallest absolute Gasteiger partial charge is 0.242 e. The van der Waals surface area contributed by atoms with E-state index in [1.807, 2.05) is 18.2 Å². The van der Waals surface area contributed by atoms with Gasteiger partial charge in [-0.1, -0.05) is 43.3 Å². The highest BCUT2D eigenvalue weighted by molar-refractivity contribution is 7.89. The summed E-state index contributed by atoms with van der Waals surface area (Å²) >= 11 is 0. The monoisotopic (exact) mass is 306 g/mol. The molecule has 2 rings (SSSR count). The lowest BCUT2D eigenvalue weighted by Crippen LogP contribution is -2.45. The predicted octanol–water partition coefficient (Wildman–Crippen LogP) is 1.99. The van der Waals surface area contributed by atoms with Crippen molar-refractivity contribution in [2.75, 3.05) is 0 Å². The minimum Gasteiger partial charge on any atom is -0.340 e. The van der Waals surface area contributed by atoms with E-state index in [0.29, 0.717) is 11.8 Å². The van der Waals surface area contributed by atoms with E-state index in [1.165, 1.54) is 0 Å². The summed E-state index contributed by atoms with van der Waals surface area (Å²) in [5.41, 5.74) is 0. The number of nitrogens with one attached hydrogen (secondary N) is 2. The first-order chi connectivity index (χ1) is 9.94. The second kappa shape index (κ2) is 6.24. The summed E-state index contributed by atoms with van der Waals surface area (Å²) in [6.45, 7) is 3.30.